The monoisotopic (exact) mass is 297 g/mol. The number of carbonyl (C=O) groups is 1. The molecular weight excluding hydrogens is 266 g/mol. The number of hydrogen-bond acceptors (Lipinski definition) is 3. The number of amides is 1. The van der Waals surface area contributed by atoms with Crippen molar-refractivity contribution in [3.63, 3.8) is 0 Å². The number of likely N-dealkylation sites (tertiary alicyclic amines) is 1. The fourth-order valence-corrected chi connectivity index (χ4v) is 3.22. The Hall–Kier alpha value is -0.770. The predicted octanol–water partition coefficient (Wildman–Crippen LogP) is 3.98. The maximum atomic E-state index is 12.1. The molecule has 21 heavy (non-hydrogen) atoms. The molecule has 0 aromatic rings. The summed E-state index contributed by atoms with van der Waals surface area (Å²) in [6.07, 6.45) is 5.19. The normalized spacial score (nSPS) is 26.9. The van der Waals surface area contributed by atoms with E-state index >= 15 is 0 Å². The number of ether oxygens (including phenoxy) is 2. The molecule has 4 nitrogen and oxygen atoms in total. The standard InChI is InChI=1S/C17H31NO3/c1-6-13(2)20-15(19)18-11-9-17(10-12-18)8-7-14(21-17)16(3,4)5/h13-14H,6-12H2,1-5H3. The Morgan fingerprint density at radius 2 is 1.95 bits per heavy atom. The lowest BCUT2D eigenvalue weighted by atomic mass is 9.85. The quantitative estimate of drug-likeness (QED) is 0.774. The zero-order valence-electron chi connectivity index (χ0n) is 14.3. The second-order valence-electron chi connectivity index (χ2n) is 7.78. The van der Waals surface area contributed by atoms with Crippen molar-refractivity contribution in [2.24, 2.45) is 5.41 Å². The molecule has 0 saturated carbocycles. The molecule has 0 aromatic heterocycles. The first-order valence-electron chi connectivity index (χ1n) is 8.39. The van der Waals surface area contributed by atoms with Gasteiger partial charge in [0.15, 0.2) is 0 Å². The smallest absolute Gasteiger partial charge is 0.410 e. The van der Waals surface area contributed by atoms with Crippen LogP contribution in [0.5, 0.6) is 0 Å². The molecule has 2 rings (SSSR count). The Balaban J connectivity index is 1.85. The number of rotatable bonds is 2. The van der Waals surface area contributed by atoms with Crippen LogP contribution in [-0.4, -0.2) is 41.9 Å². The average molecular weight is 297 g/mol. The number of nitrogens with zero attached hydrogens (tertiary/aromatic N) is 1. The molecule has 2 aliphatic heterocycles. The van der Waals surface area contributed by atoms with E-state index < -0.39 is 0 Å². The molecular formula is C17H31NO3. The van der Waals surface area contributed by atoms with Crippen LogP contribution >= 0.6 is 0 Å². The van der Waals surface area contributed by atoms with Crippen molar-refractivity contribution in [1.82, 2.24) is 4.90 Å². The molecule has 0 N–H and O–H groups in total. The first-order chi connectivity index (χ1) is 9.76. The highest BCUT2D eigenvalue weighted by atomic mass is 16.6. The molecule has 2 aliphatic rings. The summed E-state index contributed by atoms with van der Waals surface area (Å²) in [7, 11) is 0. The van der Waals surface area contributed by atoms with Gasteiger partial charge >= 0.3 is 6.09 Å². The van der Waals surface area contributed by atoms with E-state index in [9.17, 15) is 4.79 Å². The lowest BCUT2D eigenvalue weighted by Crippen LogP contribution is -2.47. The van der Waals surface area contributed by atoms with E-state index in [1.54, 1.807) is 0 Å². The van der Waals surface area contributed by atoms with Crippen LogP contribution in [0.25, 0.3) is 0 Å². The van der Waals surface area contributed by atoms with Crippen LogP contribution in [0.4, 0.5) is 4.79 Å². The van der Waals surface area contributed by atoms with E-state index in [1.807, 2.05) is 18.7 Å². The maximum Gasteiger partial charge on any atom is 0.410 e. The van der Waals surface area contributed by atoms with Crippen LogP contribution in [-0.2, 0) is 9.47 Å². The first kappa shape index (κ1) is 16.6. The predicted molar refractivity (Wildman–Crippen MR) is 83.3 cm³/mol. The van der Waals surface area contributed by atoms with Gasteiger partial charge in [-0.05, 0) is 44.4 Å². The van der Waals surface area contributed by atoms with Crippen LogP contribution < -0.4 is 0 Å². The zero-order valence-corrected chi connectivity index (χ0v) is 14.3. The van der Waals surface area contributed by atoms with E-state index in [0.29, 0.717) is 6.10 Å². The van der Waals surface area contributed by atoms with Crippen molar-refractivity contribution in [3.05, 3.63) is 0 Å². The SMILES string of the molecule is CCC(C)OC(=O)N1CCC2(CCC(C(C)(C)C)O2)CC1. The largest absolute Gasteiger partial charge is 0.446 e. The summed E-state index contributed by atoms with van der Waals surface area (Å²) < 4.78 is 11.8. The molecule has 0 aromatic carbocycles. The molecule has 2 saturated heterocycles. The molecule has 0 bridgehead atoms. The summed E-state index contributed by atoms with van der Waals surface area (Å²) in [4.78, 5) is 13.9. The van der Waals surface area contributed by atoms with Crippen LogP contribution in [0.2, 0.25) is 0 Å². The van der Waals surface area contributed by atoms with E-state index in [1.165, 1.54) is 0 Å². The fraction of sp³-hybridized carbons (Fsp3) is 0.941. The Labute approximate surface area is 129 Å². The third-order valence-corrected chi connectivity index (χ3v) is 5.03. The second kappa shape index (κ2) is 6.15. The number of hydrogen-bond donors (Lipinski definition) is 0. The van der Waals surface area contributed by atoms with Gasteiger partial charge < -0.3 is 14.4 Å². The molecule has 2 heterocycles. The summed E-state index contributed by atoms with van der Waals surface area (Å²) in [5.74, 6) is 0. The lowest BCUT2D eigenvalue weighted by Gasteiger charge is -2.40. The second-order valence-corrected chi connectivity index (χ2v) is 7.78. The average Bonchev–Trinajstić information content (AvgIpc) is 2.83. The zero-order chi connectivity index (χ0) is 15.7. The Kier molecular flexibility index (Phi) is 4.86. The van der Waals surface area contributed by atoms with Gasteiger partial charge in [-0.1, -0.05) is 27.7 Å². The Morgan fingerprint density at radius 3 is 2.43 bits per heavy atom. The molecule has 1 spiro atoms. The highest BCUT2D eigenvalue weighted by Crippen LogP contribution is 2.44. The maximum absolute atomic E-state index is 12.1. The van der Waals surface area contributed by atoms with Gasteiger partial charge in [0.1, 0.15) is 6.10 Å². The summed E-state index contributed by atoms with van der Waals surface area (Å²) >= 11 is 0. The molecule has 4 heteroatoms. The van der Waals surface area contributed by atoms with Crippen molar-refractivity contribution in [2.45, 2.75) is 84.5 Å². The van der Waals surface area contributed by atoms with Crippen LogP contribution in [0.1, 0.15) is 66.7 Å². The highest BCUT2D eigenvalue weighted by molar-refractivity contribution is 5.68. The Morgan fingerprint density at radius 1 is 1.33 bits per heavy atom. The van der Waals surface area contributed by atoms with Gasteiger partial charge in [0.2, 0.25) is 0 Å². The van der Waals surface area contributed by atoms with Gasteiger partial charge in [0.25, 0.3) is 0 Å². The van der Waals surface area contributed by atoms with E-state index in [4.69, 9.17) is 9.47 Å². The molecule has 0 radical (unpaired) electrons. The van der Waals surface area contributed by atoms with Gasteiger partial charge in [0.05, 0.1) is 11.7 Å². The van der Waals surface area contributed by atoms with Crippen molar-refractivity contribution in [2.75, 3.05) is 13.1 Å². The molecule has 2 atom stereocenters. The van der Waals surface area contributed by atoms with Crippen molar-refractivity contribution in [3.8, 4) is 0 Å². The molecule has 2 fully saturated rings. The highest BCUT2D eigenvalue weighted by Gasteiger charge is 2.46. The summed E-state index contributed by atoms with van der Waals surface area (Å²) in [5, 5.41) is 0. The van der Waals surface area contributed by atoms with Gasteiger partial charge in [-0.15, -0.1) is 0 Å². The van der Waals surface area contributed by atoms with Crippen molar-refractivity contribution >= 4 is 6.09 Å². The minimum Gasteiger partial charge on any atom is -0.446 e. The van der Waals surface area contributed by atoms with E-state index in [2.05, 4.69) is 20.8 Å². The van der Waals surface area contributed by atoms with Crippen LogP contribution in [0, 0.1) is 5.41 Å². The third-order valence-electron chi connectivity index (χ3n) is 5.03. The minimum atomic E-state index is -0.162. The fourth-order valence-electron chi connectivity index (χ4n) is 3.22. The van der Waals surface area contributed by atoms with Gasteiger partial charge in [-0.2, -0.15) is 0 Å². The van der Waals surface area contributed by atoms with Crippen LogP contribution in [0.3, 0.4) is 0 Å². The van der Waals surface area contributed by atoms with Crippen molar-refractivity contribution in [1.29, 1.82) is 0 Å². The van der Waals surface area contributed by atoms with Gasteiger partial charge in [0, 0.05) is 13.1 Å². The molecule has 122 valence electrons. The van der Waals surface area contributed by atoms with E-state index in [0.717, 1.165) is 45.2 Å². The summed E-state index contributed by atoms with van der Waals surface area (Å²) in [6.45, 7) is 12.2. The number of carbonyl (C=O) groups excluding carboxylic acids is 1. The minimum absolute atomic E-state index is 0.00129. The number of piperidine rings is 1. The van der Waals surface area contributed by atoms with Gasteiger partial charge in [-0.3, -0.25) is 0 Å². The summed E-state index contributed by atoms with van der Waals surface area (Å²) in [6, 6.07) is 0. The molecule has 1 amide bonds. The van der Waals surface area contributed by atoms with Crippen molar-refractivity contribution < 1.29 is 14.3 Å². The van der Waals surface area contributed by atoms with Crippen LogP contribution in [0.15, 0.2) is 0 Å². The topological polar surface area (TPSA) is 38.8 Å². The van der Waals surface area contributed by atoms with Gasteiger partial charge in [-0.25, -0.2) is 4.79 Å². The third kappa shape index (κ3) is 3.91. The summed E-state index contributed by atoms with van der Waals surface area (Å²) in [5.41, 5.74) is 0.210. The Bertz CT molecular complexity index is 367. The lowest BCUT2D eigenvalue weighted by molar-refractivity contribution is -0.105. The van der Waals surface area contributed by atoms with E-state index in [-0.39, 0.29) is 23.2 Å². The molecule has 0 aliphatic carbocycles. The molecule has 2 unspecified atom stereocenters. The first-order valence-corrected chi connectivity index (χ1v) is 8.39.